The molecule has 0 aliphatic heterocycles. The summed E-state index contributed by atoms with van der Waals surface area (Å²) in [5.74, 6) is 0. The topological polar surface area (TPSA) is 67.2 Å². The van der Waals surface area contributed by atoms with Crippen molar-refractivity contribution in [2.75, 3.05) is 13.1 Å². The summed E-state index contributed by atoms with van der Waals surface area (Å²) in [4.78, 5) is 11.6. The lowest BCUT2D eigenvalue weighted by Crippen LogP contribution is -2.36. The van der Waals surface area contributed by atoms with Gasteiger partial charge in [-0.15, -0.1) is 0 Å². The van der Waals surface area contributed by atoms with Gasteiger partial charge >= 0.3 is 6.03 Å². The van der Waals surface area contributed by atoms with Gasteiger partial charge in [0.2, 0.25) is 0 Å². The quantitative estimate of drug-likeness (QED) is 0.443. The average Bonchev–Trinajstić information content (AvgIpc) is 2.13. The van der Waals surface area contributed by atoms with Crippen LogP contribution in [-0.2, 0) is 0 Å². The Morgan fingerprint density at radius 2 is 1.86 bits per heavy atom. The molecule has 0 fully saturated rings. The van der Waals surface area contributed by atoms with Gasteiger partial charge in [0, 0.05) is 13.1 Å². The van der Waals surface area contributed by atoms with E-state index in [0.717, 1.165) is 25.8 Å². The Balaban J connectivity index is 3.22. The molecule has 0 aliphatic carbocycles. The molecule has 82 valence electrons. The molecule has 0 atom stereocenters. The fraction of sp³-hybridized carbons (Fsp3) is 0.778. The second-order valence-corrected chi connectivity index (χ2v) is 3.63. The molecule has 0 heterocycles. The normalized spacial score (nSPS) is 9.50. The molecule has 0 unspecified atom stereocenters. The van der Waals surface area contributed by atoms with Crippen molar-refractivity contribution in [2.24, 2.45) is 5.73 Å². The monoisotopic (exact) mass is 217 g/mol. The third kappa shape index (κ3) is 9.25. The highest BCUT2D eigenvalue weighted by Crippen LogP contribution is 1.86. The maximum Gasteiger partial charge on any atom is 0.314 e. The van der Waals surface area contributed by atoms with Crippen molar-refractivity contribution in [3.8, 4) is 0 Å². The van der Waals surface area contributed by atoms with Crippen LogP contribution in [-0.4, -0.2) is 24.1 Å². The SMILES string of the molecule is CCCCNC(=O)NCCCC(N)=S. The maximum atomic E-state index is 11.1. The van der Waals surface area contributed by atoms with E-state index in [4.69, 9.17) is 18.0 Å². The lowest BCUT2D eigenvalue weighted by atomic mass is 10.3. The molecule has 0 aromatic carbocycles. The van der Waals surface area contributed by atoms with E-state index in [0.29, 0.717) is 18.0 Å². The number of carbonyl (C=O) groups excluding carboxylic acids is 1. The van der Waals surface area contributed by atoms with Crippen LogP contribution in [0.2, 0.25) is 0 Å². The second-order valence-electron chi connectivity index (χ2n) is 3.11. The van der Waals surface area contributed by atoms with Crippen LogP contribution in [0.3, 0.4) is 0 Å². The molecule has 0 radical (unpaired) electrons. The number of rotatable bonds is 7. The molecular formula is C9H19N3OS. The molecule has 0 saturated carbocycles. The summed E-state index contributed by atoms with van der Waals surface area (Å²) in [6.45, 7) is 3.44. The van der Waals surface area contributed by atoms with Gasteiger partial charge in [-0.25, -0.2) is 4.79 Å². The van der Waals surface area contributed by atoms with Crippen molar-refractivity contribution in [1.29, 1.82) is 0 Å². The molecule has 0 rings (SSSR count). The number of hydrogen-bond donors (Lipinski definition) is 3. The molecule has 14 heavy (non-hydrogen) atoms. The van der Waals surface area contributed by atoms with Gasteiger partial charge in [-0.3, -0.25) is 0 Å². The van der Waals surface area contributed by atoms with Crippen LogP contribution in [0, 0.1) is 0 Å². The predicted molar refractivity (Wildman–Crippen MR) is 62.3 cm³/mol. The Kier molecular flexibility index (Phi) is 8.22. The van der Waals surface area contributed by atoms with Crippen LogP contribution in [0.25, 0.3) is 0 Å². The van der Waals surface area contributed by atoms with Crippen LogP contribution in [0.1, 0.15) is 32.6 Å². The number of nitrogens with two attached hydrogens (primary N) is 1. The summed E-state index contributed by atoms with van der Waals surface area (Å²) < 4.78 is 0. The zero-order chi connectivity index (χ0) is 10.8. The van der Waals surface area contributed by atoms with Crippen molar-refractivity contribution in [3.63, 3.8) is 0 Å². The van der Waals surface area contributed by atoms with Crippen LogP contribution in [0.4, 0.5) is 4.79 Å². The van der Waals surface area contributed by atoms with Gasteiger partial charge < -0.3 is 16.4 Å². The molecule has 5 heteroatoms. The minimum absolute atomic E-state index is 0.110. The van der Waals surface area contributed by atoms with Crippen molar-refractivity contribution >= 4 is 23.2 Å². The highest BCUT2D eigenvalue weighted by Gasteiger charge is 1.97. The van der Waals surface area contributed by atoms with E-state index >= 15 is 0 Å². The number of nitrogens with one attached hydrogen (secondary N) is 2. The van der Waals surface area contributed by atoms with Gasteiger partial charge in [0.15, 0.2) is 0 Å². The summed E-state index contributed by atoms with van der Waals surface area (Å²) in [5.41, 5.74) is 5.31. The first kappa shape index (κ1) is 13.2. The van der Waals surface area contributed by atoms with Gasteiger partial charge in [0.1, 0.15) is 0 Å². The van der Waals surface area contributed by atoms with Crippen molar-refractivity contribution in [2.45, 2.75) is 32.6 Å². The number of carbonyl (C=O) groups is 1. The lowest BCUT2D eigenvalue weighted by molar-refractivity contribution is 0.240. The maximum absolute atomic E-state index is 11.1. The smallest absolute Gasteiger partial charge is 0.314 e. The summed E-state index contributed by atoms with van der Waals surface area (Å²) in [7, 11) is 0. The van der Waals surface area contributed by atoms with Crippen molar-refractivity contribution < 1.29 is 4.79 Å². The van der Waals surface area contributed by atoms with Crippen LogP contribution < -0.4 is 16.4 Å². The van der Waals surface area contributed by atoms with E-state index in [1.54, 1.807) is 0 Å². The van der Waals surface area contributed by atoms with Crippen molar-refractivity contribution in [3.05, 3.63) is 0 Å². The second kappa shape index (κ2) is 8.74. The molecule has 0 spiro atoms. The van der Waals surface area contributed by atoms with E-state index in [2.05, 4.69) is 17.6 Å². The highest BCUT2D eigenvalue weighted by molar-refractivity contribution is 7.80. The predicted octanol–water partition coefficient (Wildman–Crippen LogP) is 1.15. The zero-order valence-electron chi connectivity index (χ0n) is 8.64. The summed E-state index contributed by atoms with van der Waals surface area (Å²) in [6.07, 6.45) is 3.59. The molecular weight excluding hydrogens is 198 g/mol. The number of unbranched alkanes of at least 4 members (excludes halogenated alkanes) is 1. The minimum Gasteiger partial charge on any atom is -0.393 e. The fourth-order valence-electron chi connectivity index (χ4n) is 0.906. The molecule has 2 amide bonds. The van der Waals surface area contributed by atoms with Crippen LogP contribution in [0.5, 0.6) is 0 Å². The van der Waals surface area contributed by atoms with E-state index in [-0.39, 0.29) is 6.03 Å². The number of thiocarbonyl (C=S) groups is 1. The van der Waals surface area contributed by atoms with E-state index < -0.39 is 0 Å². The largest absolute Gasteiger partial charge is 0.393 e. The Morgan fingerprint density at radius 3 is 2.36 bits per heavy atom. The highest BCUT2D eigenvalue weighted by atomic mass is 32.1. The Bertz CT molecular complexity index is 185. The number of hydrogen-bond acceptors (Lipinski definition) is 2. The molecule has 0 saturated heterocycles. The molecule has 0 aliphatic rings. The van der Waals surface area contributed by atoms with Crippen LogP contribution >= 0.6 is 12.2 Å². The van der Waals surface area contributed by atoms with E-state index in [1.165, 1.54) is 0 Å². The minimum atomic E-state index is -0.110. The molecule has 0 aromatic heterocycles. The van der Waals surface area contributed by atoms with Gasteiger partial charge in [-0.2, -0.15) is 0 Å². The number of amides is 2. The summed E-state index contributed by atoms with van der Waals surface area (Å²) >= 11 is 4.71. The van der Waals surface area contributed by atoms with Gasteiger partial charge in [-0.05, 0) is 19.3 Å². The standard InChI is InChI=1S/C9H19N3OS/c1-2-3-6-11-9(13)12-7-4-5-8(10)14/h2-7H2,1H3,(H2,10,14)(H2,11,12,13). The number of urea groups is 1. The fourth-order valence-corrected chi connectivity index (χ4v) is 1.05. The van der Waals surface area contributed by atoms with Gasteiger partial charge in [0.05, 0.1) is 4.99 Å². The van der Waals surface area contributed by atoms with Crippen molar-refractivity contribution in [1.82, 2.24) is 10.6 Å². The molecule has 0 bridgehead atoms. The first-order chi connectivity index (χ1) is 6.66. The first-order valence-corrected chi connectivity index (χ1v) is 5.37. The van der Waals surface area contributed by atoms with E-state index in [1.807, 2.05) is 0 Å². The summed E-state index contributed by atoms with van der Waals surface area (Å²) in [6, 6.07) is -0.110. The molecule has 4 nitrogen and oxygen atoms in total. The summed E-state index contributed by atoms with van der Waals surface area (Å²) in [5, 5.41) is 5.49. The van der Waals surface area contributed by atoms with E-state index in [9.17, 15) is 4.79 Å². The molecule has 4 N–H and O–H groups in total. The Hall–Kier alpha value is -0.840. The van der Waals surface area contributed by atoms with Gasteiger partial charge in [0.25, 0.3) is 0 Å². The Labute approximate surface area is 90.6 Å². The lowest BCUT2D eigenvalue weighted by Gasteiger charge is -2.06. The first-order valence-electron chi connectivity index (χ1n) is 4.96. The van der Waals surface area contributed by atoms with Crippen LogP contribution in [0.15, 0.2) is 0 Å². The Morgan fingerprint density at radius 1 is 1.29 bits per heavy atom. The average molecular weight is 217 g/mol. The zero-order valence-corrected chi connectivity index (χ0v) is 9.45. The third-order valence-corrected chi connectivity index (χ3v) is 1.91. The van der Waals surface area contributed by atoms with Gasteiger partial charge in [-0.1, -0.05) is 25.6 Å². The molecule has 0 aromatic rings. The third-order valence-electron chi connectivity index (χ3n) is 1.70.